The van der Waals surface area contributed by atoms with Crippen molar-refractivity contribution in [1.82, 2.24) is 20.4 Å². The summed E-state index contributed by atoms with van der Waals surface area (Å²) in [7, 11) is 0. The van der Waals surface area contributed by atoms with Crippen LogP contribution in [0.3, 0.4) is 0 Å². The lowest BCUT2D eigenvalue weighted by molar-refractivity contribution is -0.123. The number of nitrogens with zero attached hydrogens (tertiary/aromatic N) is 2. The fraction of sp³-hybridized carbons (Fsp3) is 0.500. The molecule has 0 spiro atoms. The largest absolute Gasteiger partial charge is 0.351 e. The molecule has 0 radical (unpaired) electrons. The summed E-state index contributed by atoms with van der Waals surface area (Å²) in [5.41, 5.74) is 2.33. The molecule has 0 bridgehead atoms. The minimum atomic E-state index is -0.0136. The molecule has 1 amide bonds. The Labute approximate surface area is 161 Å². The number of halogens is 1. The van der Waals surface area contributed by atoms with Crippen LogP contribution in [0.1, 0.15) is 43.2 Å². The van der Waals surface area contributed by atoms with E-state index in [1.54, 1.807) is 6.20 Å². The first-order chi connectivity index (χ1) is 12.3. The molecule has 6 heteroatoms. The van der Waals surface area contributed by atoms with Crippen LogP contribution in [0, 0.1) is 5.92 Å². The van der Waals surface area contributed by atoms with Gasteiger partial charge < -0.3 is 10.6 Å². The van der Waals surface area contributed by atoms with Gasteiger partial charge >= 0.3 is 0 Å². The Balaban J connectivity index is 0.00000196. The van der Waals surface area contributed by atoms with Gasteiger partial charge in [0, 0.05) is 25.0 Å². The van der Waals surface area contributed by atoms with Crippen molar-refractivity contribution >= 4 is 18.3 Å². The van der Waals surface area contributed by atoms with Crippen LogP contribution in [-0.4, -0.2) is 27.8 Å². The van der Waals surface area contributed by atoms with Crippen LogP contribution >= 0.6 is 12.4 Å². The zero-order valence-corrected chi connectivity index (χ0v) is 15.8. The van der Waals surface area contributed by atoms with Gasteiger partial charge in [0.05, 0.1) is 12.6 Å². The number of benzene rings is 1. The van der Waals surface area contributed by atoms with Crippen molar-refractivity contribution in [3.63, 3.8) is 0 Å². The number of hydrogen-bond donors (Lipinski definition) is 2. The Morgan fingerprint density at radius 1 is 1.23 bits per heavy atom. The predicted molar refractivity (Wildman–Crippen MR) is 104 cm³/mol. The molecular weight excluding hydrogens is 348 g/mol. The van der Waals surface area contributed by atoms with Gasteiger partial charge in [-0.05, 0) is 42.4 Å². The SMILES string of the molecule is Cl.O=C(NCc1cccc(Cn2cccn2)c1)C1CC2CCCCC2N1. The predicted octanol–water partition coefficient (Wildman–Crippen LogP) is 2.89. The van der Waals surface area contributed by atoms with E-state index in [-0.39, 0.29) is 24.4 Å². The van der Waals surface area contributed by atoms with E-state index < -0.39 is 0 Å². The van der Waals surface area contributed by atoms with Crippen molar-refractivity contribution in [2.24, 2.45) is 5.92 Å². The maximum Gasteiger partial charge on any atom is 0.237 e. The Bertz CT molecular complexity index is 704. The van der Waals surface area contributed by atoms with Crippen LogP contribution in [0.4, 0.5) is 0 Å². The van der Waals surface area contributed by atoms with Crippen LogP contribution in [0.25, 0.3) is 0 Å². The Hall–Kier alpha value is -1.85. The number of aromatic nitrogens is 2. The highest BCUT2D eigenvalue weighted by Gasteiger charge is 2.37. The Kier molecular flexibility index (Phi) is 6.33. The topological polar surface area (TPSA) is 59.0 Å². The van der Waals surface area contributed by atoms with Gasteiger partial charge in [0.15, 0.2) is 0 Å². The van der Waals surface area contributed by atoms with Crippen molar-refractivity contribution in [2.45, 2.75) is 57.3 Å². The van der Waals surface area contributed by atoms with Gasteiger partial charge in [-0.1, -0.05) is 37.1 Å². The number of hydrogen-bond acceptors (Lipinski definition) is 3. The number of rotatable bonds is 5. The van der Waals surface area contributed by atoms with Gasteiger partial charge in [-0.25, -0.2) is 0 Å². The van der Waals surface area contributed by atoms with Crippen LogP contribution in [-0.2, 0) is 17.9 Å². The minimum absolute atomic E-state index is 0. The third-order valence-electron chi connectivity index (χ3n) is 5.54. The molecule has 1 aliphatic heterocycles. The van der Waals surface area contributed by atoms with Gasteiger partial charge in [0.25, 0.3) is 0 Å². The Morgan fingerprint density at radius 3 is 2.88 bits per heavy atom. The lowest BCUT2D eigenvalue weighted by atomic mass is 9.85. The summed E-state index contributed by atoms with van der Waals surface area (Å²) in [6.45, 7) is 1.33. The molecule has 4 rings (SSSR count). The molecule has 1 saturated heterocycles. The lowest BCUT2D eigenvalue weighted by Crippen LogP contribution is -2.42. The van der Waals surface area contributed by atoms with E-state index in [1.807, 2.05) is 23.0 Å². The summed E-state index contributed by atoms with van der Waals surface area (Å²) < 4.78 is 1.90. The second-order valence-electron chi connectivity index (χ2n) is 7.35. The van der Waals surface area contributed by atoms with E-state index in [4.69, 9.17) is 0 Å². The third-order valence-corrected chi connectivity index (χ3v) is 5.54. The molecule has 1 aromatic heterocycles. The number of nitrogens with one attached hydrogen (secondary N) is 2. The van der Waals surface area contributed by atoms with Gasteiger partial charge in [-0.3, -0.25) is 9.48 Å². The number of carbonyl (C=O) groups excluding carboxylic acids is 1. The third kappa shape index (κ3) is 4.46. The summed E-state index contributed by atoms with van der Waals surface area (Å²) in [6.07, 6.45) is 9.86. The van der Waals surface area contributed by atoms with E-state index in [2.05, 4.69) is 33.9 Å². The van der Waals surface area contributed by atoms with Gasteiger partial charge in [-0.2, -0.15) is 5.10 Å². The fourth-order valence-corrected chi connectivity index (χ4v) is 4.25. The summed E-state index contributed by atoms with van der Waals surface area (Å²) >= 11 is 0. The first kappa shape index (κ1) is 18.9. The molecule has 3 unspecified atom stereocenters. The van der Waals surface area contributed by atoms with Crippen molar-refractivity contribution in [3.05, 3.63) is 53.9 Å². The van der Waals surface area contributed by atoms with Crippen LogP contribution in [0.15, 0.2) is 42.7 Å². The van der Waals surface area contributed by atoms with E-state index in [0.717, 1.165) is 18.5 Å². The first-order valence-electron chi connectivity index (χ1n) is 9.37. The smallest absolute Gasteiger partial charge is 0.237 e. The molecule has 140 valence electrons. The number of fused-ring (bicyclic) bond motifs is 1. The second-order valence-corrected chi connectivity index (χ2v) is 7.35. The maximum atomic E-state index is 12.5. The second kappa shape index (κ2) is 8.69. The maximum absolute atomic E-state index is 12.5. The Morgan fingerprint density at radius 2 is 2.08 bits per heavy atom. The normalized spacial score (nSPS) is 24.5. The molecule has 2 heterocycles. The summed E-state index contributed by atoms with van der Waals surface area (Å²) in [5.74, 6) is 0.841. The van der Waals surface area contributed by atoms with Gasteiger partial charge in [-0.15, -0.1) is 12.4 Å². The van der Waals surface area contributed by atoms with Gasteiger partial charge in [0.2, 0.25) is 5.91 Å². The zero-order valence-electron chi connectivity index (χ0n) is 14.9. The molecule has 2 N–H and O–H groups in total. The fourth-order valence-electron chi connectivity index (χ4n) is 4.25. The molecule has 26 heavy (non-hydrogen) atoms. The van der Waals surface area contributed by atoms with E-state index in [9.17, 15) is 4.79 Å². The molecule has 2 aromatic rings. The summed E-state index contributed by atoms with van der Waals surface area (Å²) in [4.78, 5) is 12.5. The standard InChI is InChI=1S/C20H26N4O.ClH/c25-20(19-12-17-7-1-2-8-18(17)23-19)21-13-15-5-3-6-16(11-15)14-24-10-4-9-22-24;/h3-6,9-11,17-19,23H,1-2,7-8,12-14H2,(H,21,25);1H. The number of carbonyl (C=O) groups is 1. The van der Waals surface area contributed by atoms with E-state index in [1.165, 1.54) is 31.2 Å². The van der Waals surface area contributed by atoms with Crippen LogP contribution in [0.2, 0.25) is 0 Å². The van der Waals surface area contributed by atoms with Crippen molar-refractivity contribution in [1.29, 1.82) is 0 Å². The first-order valence-corrected chi connectivity index (χ1v) is 9.37. The molecule has 5 nitrogen and oxygen atoms in total. The summed E-state index contributed by atoms with van der Waals surface area (Å²) in [6, 6.07) is 10.8. The van der Waals surface area contributed by atoms with E-state index >= 15 is 0 Å². The van der Waals surface area contributed by atoms with Crippen molar-refractivity contribution < 1.29 is 4.79 Å². The molecule has 1 aliphatic carbocycles. The monoisotopic (exact) mass is 374 g/mol. The van der Waals surface area contributed by atoms with Gasteiger partial charge in [0.1, 0.15) is 0 Å². The molecule has 2 fully saturated rings. The highest BCUT2D eigenvalue weighted by Crippen LogP contribution is 2.33. The highest BCUT2D eigenvalue weighted by molar-refractivity contribution is 5.85. The number of amides is 1. The molecule has 3 atom stereocenters. The van der Waals surface area contributed by atoms with Crippen molar-refractivity contribution in [3.8, 4) is 0 Å². The lowest BCUT2D eigenvalue weighted by Gasteiger charge is -2.24. The highest BCUT2D eigenvalue weighted by atomic mass is 35.5. The van der Waals surface area contributed by atoms with Crippen molar-refractivity contribution in [2.75, 3.05) is 0 Å². The average molecular weight is 375 g/mol. The van der Waals surface area contributed by atoms with E-state index in [0.29, 0.717) is 18.5 Å². The quantitative estimate of drug-likeness (QED) is 0.846. The molecule has 1 saturated carbocycles. The van der Waals surface area contributed by atoms with Crippen LogP contribution in [0.5, 0.6) is 0 Å². The summed E-state index contributed by atoms with van der Waals surface area (Å²) in [5, 5.41) is 10.9. The molecule has 2 aliphatic rings. The van der Waals surface area contributed by atoms with Crippen LogP contribution < -0.4 is 10.6 Å². The zero-order chi connectivity index (χ0) is 17.1. The molecule has 1 aromatic carbocycles. The molecular formula is C20H27ClN4O. The minimum Gasteiger partial charge on any atom is -0.351 e. The average Bonchev–Trinajstić information content (AvgIpc) is 3.29.